The molecule has 9 heteroatoms. The Morgan fingerprint density at radius 3 is 2.56 bits per heavy atom. The SMILES string of the molecule is [2H]C([2H])([2H])Oc1cc(-c2cc(O)c(-c3ccc(N(C)C4C[C@]5(C)CC[C@](C)(C4)N5)nn3)cc2F)cnn1. The highest BCUT2D eigenvalue weighted by Gasteiger charge is 2.49. The van der Waals surface area contributed by atoms with Crippen LogP contribution in [0.15, 0.2) is 36.5 Å². The molecule has 0 aliphatic carbocycles. The third-order valence-corrected chi connectivity index (χ3v) is 7.17. The maximum absolute atomic E-state index is 15.1. The molecule has 2 N–H and O–H groups in total. The molecule has 3 aromatic rings. The van der Waals surface area contributed by atoms with E-state index < -0.39 is 12.9 Å². The van der Waals surface area contributed by atoms with Crippen LogP contribution in [0.25, 0.3) is 22.4 Å². The zero-order chi connectivity index (χ0) is 26.6. The number of piperidine rings is 1. The molecule has 0 radical (unpaired) electrons. The van der Waals surface area contributed by atoms with Gasteiger partial charge < -0.3 is 20.1 Å². The van der Waals surface area contributed by atoms with Gasteiger partial charge in [-0.1, -0.05) is 0 Å². The number of aromatic hydroxyl groups is 1. The zero-order valence-corrected chi connectivity index (χ0v) is 19.3. The molecule has 34 heavy (non-hydrogen) atoms. The summed E-state index contributed by atoms with van der Waals surface area (Å²) in [5.74, 6) is -0.438. The lowest BCUT2D eigenvalue weighted by molar-refractivity contribution is 0.207. The van der Waals surface area contributed by atoms with Crippen LogP contribution < -0.4 is 15.0 Å². The van der Waals surface area contributed by atoms with Crippen molar-refractivity contribution in [1.82, 2.24) is 25.7 Å². The zero-order valence-electron chi connectivity index (χ0n) is 22.3. The van der Waals surface area contributed by atoms with Crippen molar-refractivity contribution in [2.45, 2.75) is 56.7 Å². The summed E-state index contributed by atoms with van der Waals surface area (Å²) in [6, 6.07) is 7.49. The Bertz CT molecular complexity index is 1310. The fraction of sp³-hybridized carbons (Fsp3) is 0.440. The number of rotatable bonds is 5. The van der Waals surface area contributed by atoms with Gasteiger partial charge in [0.15, 0.2) is 5.82 Å². The van der Waals surface area contributed by atoms with Crippen LogP contribution in [-0.4, -0.2) is 56.7 Å². The van der Waals surface area contributed by atoms with E-state index in [0.29, 0.717) is 17.6 Å². The number of aromatic nitrogens is 4. The summed E-state index contributed by atoms with van der Waals surface area (Å²) in [5.41, 5.74) is 0.962. The smallest absolute Gasteiger partial charge is 0.233 e. The van der Waals surface area contributed by atoms with Crippen LogP contribution in [0.4, 0.5) is 10.2 Å². The van der Waals surface area contributed by atoms with Crippen LogP contribution >= 0.6 is 0 Å². The number of methoxy groups -OCH3 is 1. The van der Waals surface area contributed by atoms with Crippen LogP contribution in [0, 0.1) is 5.82 Å². The lowest BCUT2D eigenvalue weighted by atomic mass is 9.84. The normalized spacial score (nSPS) is 27.5. The summed E-state index contributed by atoms with van der Waals surface area (Å²) in [7, 11) is -0.704. The Hall–Kier alpha value is -3.33. The molecule has 3 atom stereocenters. The first-order valence-corrected chi connectivity index (χ1v) is 11.2. The minimum absolute atomic E-state index is 0.0124. The Labute approximate surface area is 202 Å². The van der Waals surface area contributed by atoms with Crippen LogP contribution in [0.1, 0.15) is 43.6 Å². The molecular formula is C25H29FN6O2. The Kier molecular flexibility index (Phi) is 4.57. The van der Waals surface area contributed by atoms with E-state index in [-0.39, 0.29) is 39.4 Å². The van der Waals surface area contributed by atoms with Crippen molar-refractivity contribution in [2.24, 2.45) is 0 Å². The van der Waals surface area contributed by atoms with Crippen molar-refractivity contribution in [3.8, 4) is 34.0 Å². The summed E-state index contributed by atoms with van der Waals surface area (Å²) in [6.07, 6.45) is 5.59. The third kappa shape index (κ3) is 4.04. The van der Waals surface area contributed by atoms with Crippen LogP contribution in [-0.2, 0) is 0 Å². The van der Waals surface area contributed by atoms with Gasteiger partial charge in [0.2, 0.25) is 5.88 Å². The third-order valence-electron chi connectivity index (χ3n) is 7.17. The molecule has 2 aliphatic heterocycles. The number of anilines is 1. The molecule has 0 saturated carbocycles. The van der Waals surface area contributed by atoms with E-state index in [1.807, 2.05) is 13.1 Å². The number of phenolic OH excluding ortho intramolecular Hbond substituents is 1. The molecule has 2 aliphatic rings. The van der Waals surface area contributed by atoms with E-state index in [2.05, 4.69) is 44.5 Å². The van der Waals surface area contributed by atoms with E-state index in [0.717, 1.165) is 31.7 Å². The number of nitrogens with one attached hydrogen (secondary N) is 1. The summed E-state index contributed by atoms with van der Waals surface area (Å²) in [5, 5.41) is 30.4. The van der Waals surface area contributed by atoms with E-state index in [4.69, 9.17) is 8.85 Å². The van der Waals surface area contributed by atoms with Crippen molar-refractivity contribution in [2.75, 3.05) is 19.0 Å². The van der Waals surface area contributed by atoms with E-state index in [1.54, 1.807) is 6.07 Å². The Morgan fingerprint density at radius 1 is 1.12 bits per heavy atom. The van der Waals surface area contributed by atoms with Gasteiger partial charge in [-0.25, -0.2) is 4.39 Å². The molecule has 2 saturated heterocycles. The number of hydrogen-bond acceptors (Lipinski definition) is 8. The summed E-state index contributed by atoms with van der Waals surface area (Å²) < 4.78 is 41.4. The van der Waals surface area contributed by atoms with E-state index in [1.165, 1.54) is 18.3 Å². The molecule has 178 valence electrons. The van der Waals surface area contributed by atoms with Gasteiger partial charge in [-0.3, -0.25) is 0 Å². The molecule has 2 aromatic heterocycles. The average molecular weight is 468 g/mol. The number of phenols is 1. The molecule has 8 nitrogen and oxygen atoms in total. The summed E-state index contributed by atoms with van der Waals surface area (Å²) >= 11 is 0. The van der Waals surface area contributed by atoms with Gasteiger partial charge >= 0.3 is 0 Å². The minimum Gasteiger partial charge on any atom is -0.507 e. The molecule has 2 bridgehead atoms. The highest BCUT2D eigenvalue weighted by molar-refractivity contribution is 5.75. The van der Waals surface area contributed by atoms with Crippen LogP contribution in [0.3, 0.4) is 0 Å². The fourth-order valence-corrected chi connectivity index (χ4v) is 5.47. The number of halogens is 1. The van der Waals surface area contributed by atoms with Gasteiger partial charge in [-0.2, -0.15) is 5.10 Å². The van der Waals surface area contributed by atoms with Gasteiger partial charge in [0.1, 0.15) is 11.6 Å². The van der Waals surface area contributed by atoms with Crippen molar-refractivity contribution in [3.63, 3.8) is 0 Å². The predicted octanol–water partition coefficient (Wildman–Crippen LogP) is 3.95. The topological polar surface area (TPSA) is 96.3 Å². The minimum atomic E-state index is -2.72. The molecule has 0 spiro atoms. The molecule has 1 unspecified atom stereocenters. The van der Waals surface area contributed by atoms with Gasteiger partial charge in [0.25, 0.3) is 0 Å². The number of benzene rings is 1. The number of fused-ring (bicyclic) bond motifs is 2. The van der Waals surface area contributed by atoms with Gasteiger partial charge in [-0.15, -0.1) is 15.3 Å². The second-order valence-electron chi connectivity index (χ2n) is 9.93. The predicted molar refractivity (Wildman–Crippen MR) is 127 cm³/mol. The van der Waals surface area contributed by atoms with Crippen LogP contribution in [0.5, 0.6) is 11.6 Å². The quantitative estimate of drug-likeness (QED) is 0.582. The van der Waals surface area contributed by atoms with Gasteiger partial charge in [0.05, 0.1) is 23.0 Å². The summed E-state index contributed by atoms with van der Waals surface area (Å²) in [6.45, 7) is 4.55. The highest BCUT2D eigenvalue weighted by Crippen LogP contribution is 2.44. The largest absolute Gasteiger partial charge is 0.507 e. The number of hydrogen-bond donors (Lipinski definition) is 2. The maximum atomic E-state index is 15.1. The van der Waals surface area contributed by atoms with Gasteiger partial charge in [0, 0.05) is 46.9 Å². The number of nitrogens with zero attached hydrogens (tertiary/aromatic N) is 5. The molecule has 5 rings (SSSR count). The molecule has 2 fully saturated rings. The monoisotopic (exact) mass is 467 g/mol. The van der Waals surface area contributed by atoms with Gasteiger partial charge in [-0.05, 0) is 63.8 Å². The first-order chi connectivity index (χ1) is 17.3. The average Bonchev–Trinajstić information content (AvgIpc) is 3.05. The maximum Gasteiger partial charge on any atom is 0.233 e. The van der Waals surface area contributed by atoms with Crippen molar-refractivity contribution >= 4 is 5.82 Å². The Balaban J connectivity index is 1.37. The van der Waals surface area contributed by atoms with Crippen molar-refractivity contribution in [3.05, 3.63) is 42.3 Å². The first-order valence-electron chi connectivity index (χ1n) is 12.7. The first kappa shape index (κ1) is 19.0. The van der Waals surface area contributed by atoms with Crippen molar-refractivity contribution < 1.29 is 18.3 Å². The lowest BCUT2D eigenvalue weighted by Gasteiger charge is -2.45. The second kappa shape index (κ2) is 8.16. The Morgan fingerprint density at radius 2 is 1.88 bits per heavy atom. The van der Waals surface area contributed by atoms with E-state index >= 15 is 4.39 Å². The fourth-order valence-electron chi connectivity index (χ4n) is 5.47. The highest BCUT2D eigenvalue weighted by atomic mass is 19.1. The van der Waals surface area contributed by atoms with Crippen LogP contribution in [0.2, 0.25) is 0 Å². The van der Waals surface area contributed by atoms with Crippen molar-refractivity contribution in [1.29, 1.82) is 0 Å². The second-order valence-corrected chi connectivity index (χ2v) is 9.93. The van der Waals surface area contributed by atoms with E-state index in [9.17, 15) is 5.11 Å². The lowest BCUT2D eigenvalue weighted by Crippen LogP contribution is -2.58. The molecular weight excluding hydrogens is 435 g/mol. The molecule has 0 amide bonds. The molecule has 4 heterocycles. The number of ether oxygens (including phenoxy) is 1. The molecule has 1 aromatic carbocycles. The summed E-state index contributed by atoms with van der Waals surface area (Å²) in [4.78, 5) is 2.15. The standard InChI is InChI=1S/C25H29FN6O2/c1-24-7-8-25(2,31-24)13-16(12-24)32(3)22-6-5-20(28-29-22)18-10-19(26)17(11-21(18)33)15-9-23(34-4)30-27-14-15/h5-6,9-11,14,16,31,33H,7-8,12-13H2,1-4H3/t16?,24-,25+/i4D3.